The summed E-state index contributed by atoms with van der Waals surface area (Å²) in [7, 11) is 0. The van der Waals surface area contributed by atoms with Gasteiger partial charge < -0.3 is 9.30 Å². The van der Waals surface area contributed by atoms with Gasteiger partial charge in [0, 0.05) is 18.9 Å². The molecule has 0 N–H and O–H groups in total. The highest BCUT2D eigenvalue weighted by Gasteiger charge is 2.10. The molecule has 19 heavy (non-hydrogen) atoms. The zero-order valence-corrected chi connectivity index (χ0v) is 11.5. The largest absolute Gasteiger partial charge is 0.485 e. The Labute approximate surface area is 113 Å². The Bertz CT molecular complexity index is 588. The van der Waals surface area contributed by atoms with Crippen LogP contribution in [0.1, 0.15) is 35.6 Å². The van der Waals surface area contributed by atoms with Crippen LogP contribution in [0.25, 0.3) is 0 Å². The maximum Gasteiger partial charge on any atom is 0.163 e. The number of hydrogen-bond donors (Lipinski definition) is 0. The molecule has 0 fully saturated rings. The molecule has 0 bridgehead atoms. The van der Waals surface area contributed by atoms with E-state index in [4.69, 9.17) is 4.74 Å². The van der Waals surface area contributed by atoms with Crippen LogP contribution in [0.5, 0.6) is 5.75 Å². The van der Waals surface area contributed by atoms with Crippen molar-refractivity contribution in [2.75, 3.05) is 0 Å². The lowest BCUT2D eigenvalue weighted by molar-refractivity contribution is 0.101. The highest BCUT2D eigenvalue weighted by molar-refractivity contribution is 5.96. The number of aryl methyl sites for hydroxylation is 2. The predicted octanol–water partition coefficient (Wildman–Crippen LogP) is 2.99. The summed E-state index contributed by atoms with van der Waals surface area (Å²) in [6.07, 6.45) is 3.67. The number of carbonyl (C=O) groups is 1. The molecule has 0 saturated carbocycles. The van der Waals surface area contributed by atoms with E-state index in [1.807, 2.05) is 29.8 Å². The van der Waals surface area contributed by atoms with E-state index >= 15 is 0 Å². The molecule has 4 nitrogen and oxygen atoms in total. The average Bonchev–Trinajstić information content (AvgIpc) is 2.83. The Hall–Kier alpha value is -2.10. The molecular weight excluding hydrogens is 240 g/mol. The molecule has 0 spiro atoms. The van der Waals surface area contributed by atoms with Gasteiger partial charge in [0.1, 0.15) is 18.2 Å². The van der Waals surface area contributed by atoms with Gasteiger partial charge in [-0.15, -0.1) is 0 Å². The van der Waals surface area contributed by atoms with Crippen molar-refractivity contribution in [1.82, 2.24) is 9.55 Å². The number of imidazole rings is 1. The van der Waals surface area contributed by atoms with Crippen molar-refractivity contribution >= 4 is 5.78 Å². The van der Waals surface area contributed by atoms with Crippen molar-refractivity contribution in [3.05, 3.63) is 47.5 Å². The third kappa shape index (κ3) is 3.02. The molecule has 1 aromatic heterocycles. The SMILES string of the molecule is CCn1ccnc1COc1cc(C)ccc1C(C)=O. The van der Waals surface area contributed by atoms with Crippen LogP contribution < -0.4 is 4.74 Å². The zero-order chi connectivity index (χ0) is 13.8. The Kier molecular flexibility index (Phi) is 4.00. The smallest absolute Gasteiger partial charge is 0.163 e. The van der Waals surface area contributed by atoms with Crippen LogP contribution in [0.15, 0.2) is 30.6 Å². The Balaban J connectivity index is 2.19. The molecule has 0 unspecified atom stereocenters. The molecule has 2 aromatic rings. The molecule has 0 radical (unpaired) electrons. The normalized spacial score (nSPS) is 10.5. The minimum Gasteiger partial charge on any atom is -0.485 e. The van der Waals surface area contributed by atoms with Crippen molar-refractivity contribution in [1.29, 1.82) is 0 Å². The van der Waals surface area contributed by atoms with Crippen molar-refractivity contribution in [3.63, 3.8) is 0 Å². The lowest BCUT2D eigenvalue weighted by atomic mass is 10.1. The molecule has 0 saturated heterocycles. The van der Waals surface area contributed by atoms with Crippen molar-refractivity contribution < 1.29 is 9.53 Å². The van der Waals surface area contributed by atoms with Crippen LogP contribution >= 0.6 is 0 Å². The highest BCUT2D eigenvalue weighted by Crippen LogP contribution is 2.21. The van der Waals surface area contributed by atoms with E-state index in [1.54, 1.807) is 19.2 Å². The van der Waals surface area contributed by atoms with E-state index in [0.29, 0.717) is 17.9 Å². The predicted molar refractivity (Wildman–Crippen MR) is 73.4 cm³/mol. The summed E-state index contributed by atoms with van der Waals surface area (Å²) in [5.74, 6) is 1.49. The number of Topliss-reactive ketones (excluding diaryl/α,β-unsaturated/α-hetero) is 1. The first-order valence-electron chi connectivity index (χ1n) is 6.36. The first-order valence-corrected chi connectivity index (χ1v) is 6.36. The standard InChI is InChI=1S/C15H18N2O2/c1-4-17-8-7-16-15(17)10-19-14-9-11(2)5-6-13(14)12(3)18/h5-9H,4,10H2,1-3H3. The Morgan fingerprint density at radius 3 is 2.89 bits per heavy atom. The summed E-state index contributed by atoms with van der Waals surface area (Å²) >= 11 is 0. The number of ketones is 1. The second kappa shape index (κ2) is 5.69. The molecule has 0 aliphatic carbocycles. The lowest BCUT2D eigenvalue weighted by Crippen LogP contribution is -2.07. The van der Waals surface area contributed by atoms with Crippen molar-refractivity contribution in [2.45, 2.75) is 33.9 Å². The van der Waals surface area contributed by atoms with E-state index in [1.165, 1.54) is 0 Å². The molecule has 1 heterocycles. The zero-order valence-electron chi connectivity index (χ0n) is 11.5. The van der Waals surface area contributed by atoms with Gasteiger partial charge in [0.05, 0.1) is 5.56 Å². The fourth-order valence-corrected chi connectivity index (χ4v) is 1.95. The first-order chi connectivity index (χ1) is 9.11. The van der Waals surface area contributed by atoms with Gasteiger partial charge in [-0.1, -0.05) is 6.07 Å². The van der Waals surface area contributed by atoms with Crippen LogP contribution in [-0.4, -0.2) is 15.3 Å². The lowest BCUT2D eigenvalue weighted by Gasteiger charge is -2.11. The van der Waals surface area contributed by atoms with E-state index in [0.717, 1.165) is 17.9 Å². The minimum atomic E-state index is 0.00818. The van der Waals surface area contributed by atoms with Gasteiger partial charge in [-0.3, -0.25) is 4.79 Å². The van der Waals surface area contributed by atoms with Gasteiger partial charge in [-0.25, -0.2) is 4.98 Å². The van der Waals surface area contributed by atoms with Crippen LogP contribution in [-0.2, 0) is 13.2 Å². The van der Waals surface area contributed by atoms with Crippen molar-refractivity contribution in [2.24, 2.45) is 0 Å². The summed E-state index contributed by atoms with van der Waals surface area (Å²) < 4.78 is 7.78. The fourth-order valence-electron chi connectivity index (χ4n) is 1.95. The molecule has 0 aliphatic heterocycles. The molecule has 2 rings (SSSR count). The van der Waals surface area contributed by atoms with Crippen LogP contribution in [0.2, 0.25) is 0 Å². The maximum atomic E-state index is 11.6. The molecule has 100 valence electrons. The van der Waals surface area contributed by atoms with Crippen LogP contribution in [0.3, 0.4) is 0 Å². The third-order valence-corrected chi connectivity index (χ3v) is 3.02. The number of nitrogens with zero attached hydrogens (tertiary/aromatic N) is 2. The second-order valence-electron chi connectivity index (χ2n) is 4.47. The summed E-state index contributed by atoms with van der Waals surface area (Å²) in [4.78, 5) is 15.8. The molecule has 4 heteroatoms. The quantitative estimate of drug-likeness (QED) is 0.774. The number of carbonyl (C=O) groups excluding carboxylic acids is 1. The summed E-state index contributed by atoms with van der Waals surface area (Å²) in [6, 6.07) is 5.60. The maximum absolute atomic E-state index is 11.6. The van der Waals surface area contributed by atoms with E-state index in [2.05, 4.69) is 11.9 Å². The van der Waals surface area contributed by atoms with Gasteiger partial charge in [0.2, 0.25) is 0 Å². The molecule has 0 aliphatic rings. The number of hydrogen-bond acceptors (Lipinski definition) is 3. The minimum absolute atomic E-state index is 0.00818. The van der Waals surface area contributed by atoms with E-state index in [-0.39, 0.29) is 5.78 Å². The molecular formula is C15H18N2O2. The average molecular weight is 258 g/mol. The number of ether oxygens (including phenoxy) is 1. The van der Waals surface area contributed by atoms with Gasteiger partial charge in [0.25, 0.3) is 0 Å². The fraction of sp³-hybridized carbons (Fsp3) is 0.333. The summed E-state index contributed by atoms with van der Waals surface area (Å²) in [6.45, 7) is 6.80. The summed E-state index contributed by atoms with van der Waals surface area (Å²) in [5, 5.41) is 0. The number of rotatable bonds is 5. The van der Waals surface area contributed by atoms with Crippen molar-refractivity contribution in [3.8, 4) is 5.75 Å². The number of aromatic nitrogens is 2. The van der Waals surface area contributed by atoms with Crippen LogP contribution in [0.4, 0.5) is 0 Å². The van der Waals surface area contributed by atoms with Gasteiger partial charge in [-0.2, -0.15) is 0 Å². The topological polar surface area (TPSA) is 44.1 Å². The number of benzene rings is 1. The van der Waals surface area contributed by atoms with Crippen LogP contribution in [0, 0.1) is 6.92 Å². The summed E-state index contributed by atoms with van der Waals surface area (Å²) in [5.41, 5.74) is 1.68. The van der Waals surface area contributed by atoms with Gasteiger partial charge >= 0.3 is 0 Å². The van der Waals surface area contributed by atoms with Gasteiger partial charge in [0.15, 0.2) is 5.78 Å². The second-order valence-corrected chi connectivity index (χ2v) is 4.47. The Morgan fingerprint density at radius 2 is 2.21 bits per heavy atom. The van der Waals surface area contributed by atoms with E-state index < -0.39 is 0 Å². The molecule has 0 amide bonds. The van der Waals surface area contributed by atoms with Gasteiger partial charge in [-0.05, 0) is 38.5 Å². The first kappa shape index (κ1) is 13.3. The third-order valence-electron chi connectivity index (χ3n) is 3.02. The highest BCUT2D eigenvalue weighted by atomic mass is 16.5. The molecule has 1 aromatic carbocycles. The van der Waals surface area contributed by atoms with E-state index in [9.17, 15) is 4.79 Å². The molecule has 0 atom stereocenters. The monoisotopic (exact) mass is 258 g/mol. The Morgan fingerprint density at radius 1 is 1.42 bits per heavy atom.